The van der Waals surface area contributed by atoms with Gasteiger partial charge < -0.3 is 10.3 Å². The van der Waals surface area contributed by atoms with Crippen LogP contribution in [0, 0.1) is 5.82 Å². The smallest absolute Gasteiger partial charge is 0.226 e. The summed E-state index contributed by atoms with van der Waals surface area (Å²) in [6.07, 6.45) is 3.15. The minimum Gasteiger partial charge on any atom is -0.342 e. The van der Waals surface area contributed by atoms with Gasteiger partial charge in [-0.3, -0.25) is 4.79 Å². The first kappa shape index (κ1) is 17.4. The van der Waals surface area contributed by atoms with E-state index >= 15 is 0 Å². The van der Waals surface area contributed by atoms with Gasteiger partial charge in [-0.2, -0.15) is 0 Å². The molecule has 0 aliphatic carbocycles. The molecule has 1 amide bonds. The van der Waals surface area contributed by atoms with Crippen LogP contribution in [0.2, 0.25) is 0 Å². The van der Waals surface area contributed by atoms with Gasteiger partial charge in [0, 0.05) is 30.3 Å². The lowest BCUT2D eigenvalue weighted by molar-refractivity contribution is -0.116. The van der Waals surface area contributed by atoms with Crippen molar-refractivity contribution in [1.29, 1.82) is 0 Å². The number of nitrogens with zero attached hydrogens (tertiary/aromatic N) is 2. The summed E-state index contributed by atoms with van der Waals surface area (Å²) < 4.78 is 13.3. The lowest BCUT2D eigenvalue weighted by Crippen LogP contribution is -2.12. The quantitative estimate of drug-likeness (QED) is 0.523. The molecule has 4 aromatic rings. The number of H-pyrrole nitrogens is 1. The summed E-state index contributed by atoms with van der Waals surface area (Å²) in [5.74, 6) is 0.426. The molecule has 0 atom stereocenters. The maximum absolute atomic E-state index is 13.3. The van der Waals surface area contributed by atoms with E-state index in [0.29, 0.717) is 24.4 Å². The highest BCUT2D eigenvalue weighted by Crippen LogP contribution is 2.22. The van der Waals surface area contributed by atoms with Crippen LogP contribution in [0.5, 0.6) is 0 Å². The molecule has 7 heteroatoms. The third-order valence-corrected chi connectivity index (χ3v) is 5.01. The van der Waals surface area contributed by atoms with Gasteiger partial charge in [-0.15, -0.1) is 11.3 Å². The van der Waals surface area contributed by atoms with Gasteiger partial charge in [-0.1, -0.05) is 24.3 Å². The Morgan fingerprint density at radius 3 is 2.93 bits per heavy atom. The molecular weight excluding hydrogens is 363 g/mol. The second-order valence-electron chi connectivity index (χ2n) is 6.19. The molecule has 2 aromatic heterocycles. The van der Waals surface area contributed by atoms with Crippen LogP contribution < -0.4 is 5.32 Å². The Balaban J connectivity index is 1.32. The molecule has 0 bridgehead atoms. The Labute approximate surface area is 159 Å². The van der Waals surface area contributed by atoms with E-state index in [1.807, 2.05) is 30.3 Å². The number of nitrogens with one attached hydrogen (secondary N) is 2. The van der Waals surface area contributed by atoms with Gasteiger partial charge >= 0.3 is 0 Å². The van der Waals surface area contributed by atoms with E-state index in [1.165, 1.54) is 23.5 Å². The second-order valence-corrected chi connectivity index (χ2v) is 7.30. The molecule has 27 heavy (non-hydrogen) atoms. The molecule has 0 fully saturated rings. The van der Waals surface area contributed by atoms with Crippen LogP contribution >= 0.6 is 11.3 Å². The van der Waals surface area contributed by atoms with E-state index in [9.17, 15) is 9.18 Å². The molecule has 2 heterocycles. The normalized spacial score (nSPS) is 11.0. The first-order valence-corrected chi connectivity index (χ1v) is 9.40. The van der Waals surface area contributed by atoms with Crippen molar-refractivity contribution in [2.45, 2.75) is 19.3 Å². The van der Waals surface area contributed by atoms with Crippen LogP contribution in [0.15, 0.2) is 54.7 Å². The first-order chi connectivity index (χ1) is 13.2. The van der Waals surface area contributed by atoms with Gasteiger partial charge in [-0.05, 0) is 29.8 Å². The van der Waals surface area contributed by atoms with Crippen molar-refractivity contribution in [3.8, 4) is 0 Å². The van der Waals surface area contributed by atoms with E-state index < -0.39 is 0 Å². The minimum absolute atomic E-state index is 0.109. The number of aryl methyl sites for hydroxylation is 1. The number of halogens is 1. The van der Waals surface area contributed by atoms with Crippen molar-refractivity contribution in [3.63, 3.8) is 0 Å². The molecule has 4 rings (SSSR count). The lowest BCUT2D eigenvalue weighted by atomic mass is 10.1. The molecular formula is C20H17FN4OS. The van der Waals surface area contributed by atoms with Gasteiger partial charge in [0.15, 0.2) is 5.13 Å². The topological polar surface area (TPSA) is 70.7 Å². The number of anilines is 1. The Morgan fingerprint density at radius 2 is 2.07 bits per heavy atom. The van der Waals surface area contributed by atoms with Crippen LogP contribution in [0.4, 0.5) is 9.52 Å². The molecule has 2 aromatic carbocycles. The number of hydrogen-bond acceptors (Lipinski definition) is 4. The number of imidazole rings is 1. The Kier molecular flexibility index (Phi) is 4.93. The fourth-order valence-electron chi connectivity index (χ4n) is 2.83. The summed E-state index contributed by atoms with van der Waals surface area (Å²) in [7, 11) is 0. The highest BCUT2D eigenvalue weighted by molar-refractivity contribution is 7.15. The summed E-state index contributed by atoms with van der Waals surface area (Å²) in [5.41, 5.74) is 2.74. The van der Waals surface area contributed by atoms with Crippen LogP contribution in [0.3, 0.4) is 0 Å². The Hall–Kier alpha value is -3.06. The molecule has 0 saturated carbocycles. The van der Waals surface area contributed by atoms with Crippen molar-refractivity contribution in [2.75, 3.05) is 5.32 Å². The van der Waals surface area contributed by atoms with Crippen molar-refractivity contribution in [3.05, 3.63) is 76.8 Å². The van der Waals surface area contributed by atoms with Crippen molar-refractivity contribution in [2.24, 2.45) is 0 Å². The van der Waals surface area contributed by atoms with Gasteiger partial charge in [0.25, 0.3) is 0 Å². The van der Waals surface area contributed by atoms with Crippen LogP contribution in [0.25, 0.3) is 11.0 Å². The number of aromatic nitrogens is 3. The molecule has 2 N–H and O–H groups in total. The van der Waals surface area contributed by atoms with Crippen molar-refractivity contribution < 1.29 is 9.18 Å². The van der Waals surface area contributed by atoms with Crippen LogP contribution in [-0.4, -0.2) is 20.9 Å². The zero-order valence-corrected chi connectivity index (χ0v) is 15.2. The van der Waals surface area contributed by atoms with E-state index in [2.05, 4.69) is 20.3 Å². The highest BCUT2D eigenvalue weighted by Gasteiger charge is 2.10. The summed E-state index contributed by atoms with van der Waals surface area (Å²) >= 11 is 1.40. The number of fused-ring (bicyclic) bond motifs is 1. The average molecular weight is 380 g/mol. The largest absolute Gasteiger partial charge is 0.342 e. The Bertz CT molecular complexity index is 1060. The number of rotatable bonds is 6. The van der Waals surface area contributed by atoms with Crippen molar-refractivity contribution in [1.82, 2.24) is 15.0 Å². The molecule has 0 radical (unpaired) electrons. The van der Waals surface area contributed by atoms with E-state index in [1.54, 1.807) is 12.3 Å². The zero-order valence-electron chi connectivity index (χ0n) is 14.4. The molecule has 0 spiro atoms. The lowest BCUT2D eigenvalue weighted by Gasteiger charge is -2.00. The molecule has 0 aliphatic heterocycles. The molecule has 0 aliphatic rings. The number of carbonyl (C=O) groups is 1. The predicted octanol–water partition coefficient (Wildman–Crippen LogP) is 4.32. The Morgan fingerprint density at radius 1 is 1.19 bits per heavy atom. The number of thiazole rings is 1. The third-order valence-electron chi connectivity index (χ3n) is 4.09. The average Bonchev–Trinajstić information content (AvgIpc) is 3.26. The molecule has 5 nitrogen and oxygen atoms in total. The van der Waals surface area contributed by atoms with Crippen molar-refractivity contribution >= 4 is 33.4 Å². The number of aromatic amines is 1. The van der Waals surface area contributed by atoms with Gasteiger partial charge in [0.05, 0.1) is 11.0 Å². The zero-order chi connectivity index (χ0) is 18.6. The van der Waals surface area contributed by atoms with Gasteiger partial charge in [0.1, 0.15) is 11.6 Å². The summed E-state index contributed by atoms with van der Waals surface area (Å²) in [6.45, 7) is 0. The fourth-order valence-corrected chi connectivity index (χ4v) is 3.70. The fraction of sp³-hybridized carbons (Fsp3) is 0.150. The molecule has 0 saturated heterocycles. The second kappa shape index (κ2) is 7.67. The SMILES string of the molecule is O=C(CCc1nc2ccccc2[nH]1)Nc1ncc(Cc2cccc(F)c2)s1. The van der Waals surface area contributed by atoms with Gasteiger partial charge in [0.2, 0.25) is 5.91 Å². The van der Waals surface area contributed by atoms with Crippen LogP contribution in [-0.2, 0) is 17.6 Å². The summed E-state index contributed by atoms with van der Waals surface area (Å²) in [4.78, 5) is 25.1. The number of carbonyl (C=O) groups excluding carboxylic acids is 1. The van der Waals surface area contributed by atoms with E-state index in [4.69, 9.17) is 0 Å². The van der Waals surface area contributed by atoms with Crippen LogP contribution in [0.1, 0.15) is 22.7 Å². The highest BCUT2D eigenvalue weighted by atomic mass is 32.1. The molecule has 136 valence electrons. The van der Waals surface area contributed by atoms with Gasteiger partial charge in [-0.25, -0.2) is 14.4 Å². The number of para-hydroxylation sites is 2. The minimum atomic E-state index is -0.254. The summed E-state index contributed by atoms with van der Waals surface area (Å²) in [6, 6.07) is 14.3. The number of hydrogen-bond donors (Lipinski definition) is 2. The molecule has 0 unspecified atom stereocenters. The first-order valence-electron chi connectivity index (χ1n) is 8.58. The van der Waals surface area contributed by atoms with E-state index in [-0.39, 0.29) is 11.7 Å². The monoisotopic (exact) mass is 380 g/mol. The van der Waals surface area contributed by atoms with E-state index in [0.717, 1.165) is 27.3 Å². The summed E-state index contributed by atoms with van der Waals surface area (Å²) in [5, 5.41) is 3.37. The predicted molar refractivity (Wildman–Crippen MR) is 104 cm³/mol. The third kappa shape index (κ3) is 4.38. The number of amides is 1. The maximum atomic E-state index is 13.3. The number of benzene rings is 2. The maximum Gasteiger partial charge on any atom is 0.226 e. The standard InChI is InChI=1S/C20H17FN4OS/c21-14-5-3-4-13(10-14)11-15-12-22-20(27-15)25-19(26)9-8-18-23-16-6-1-2-7-17(16)24-18/h1-7,10,12H,8-9,11H2,(H,23,24)(H,22,25,26).